The second-order valence-electron chi connectivity index (χ2n) is 4.01. The Morgan fingerprint density at radius 3 is 2.95 bits per heavy atom. The van der Waals surface area contributed by atoms with Gasteiger partial charge in [-0.2, -0.15) is 5.26 Å². The van der Waals surface area contributed by atoms with Crippen LogP contribution >= 0.6 is 11.6 Å². The van der Waals surface area contributed by atoms with Gasteiger partial charge in [-0.1, -0.05) is 17.7 Å². The van der Waals surface area contributed by atoms with E-state index < -0.39 is 6.04 Å². The Balaban J connectivity index is 2.13. The molecule has 1 atom stereocenters. The van der Waals surface area contributed by atoms with Crippen molar-refractivity contribution >= 4 is 11.6 Å². The van der Waals surface area contributed by atoms with Crippen LogP contribution in [-0.4, -0.2) is 10.1 Å². The smallest absolute Gasteiger partial charge is 0.125 e. The zero-order valence-electron chi connectivity index (χ0n) is 10.0. The molecule has 1 aromatic heterocycles. The molecule has 1 aromatic carbocycles. The molecule has 1 heterocycles. The van der Waals surface area contributed by atoms with Gasteiger partial charge in [0.2, 0.25) is 0 Å². The fourth-order valence-corrected chi connectivity index (χ4v) is 1.88. The van der Waals surface area contributed by atoms with Crippen LogP contribution in [0.4, 0.5) is 0 Å². The van der Waals surface area contributed by atoms with Crippen LogP contribution in [0, 0.1) is 11.3 Å². The third-order valence-electron chi connectivity index (χ3n) is 2.66. The summed E-state index contributed by atoms with van der Waals surface area (Å²) in [6.07, 6.45) is 3.41. The Morgan fingerprint density at radius 1 is 1.42 bits per heavy atom. The monoisotopic (exact) mass is 273 g/mol. The third kappa shape index (κ3) is 3.44. The Kier molecular flexibility index (Phi) is 4.35. The summed E-state index contributed by atoms with van der Waals surface area (Å²) in [4.78, 5) is 4.00. The molecule has 0 radical (unpaired) electrons. The molecule has 4 nitrogen and oxygen atoms in total. The summed E-state index contributed by atoms with van der Waals surface area (Å²) >= 11 is 5.88. The van der Waals surface area contributed by atoms with Crippen LogP contribution in [0.5, 0.6) is 5.75 Å². The Morgan fingerprint density at radius 2 is 2.26 bits per heavy atom. The van der Waals surface area contributed by atoms with Gasteiger partial charge in [0.15, 0.2) is 0 Å². The normalized spacial score (nSPS) is 11.8. The van der Waals surface area contributed by atoms with Gasteiger partial charge in [0.25, 0.3) is 0 Å². The van der Waals surface area contributed by atoms with Gasteiger partial charge in [-0.25, -0.2) is 0 Å². The lowest BCUT2D eigenvalue weighted by Crippen LogP contribution is -2.19. The molecule has 0 aliphatic rings. The number of aromatic hydroxyl groups is 1. The highest BCUT2D eigenvalue weighted by Crippen LogP contribution is 2.27. The molecular formula is C14H12ClN3O. The predicted octanol–water partition coefficient (Wildman–Crippen LogP) is 2.80. The summed E-state index contributed by atoms with van der Waals surface area (Å²) in [6, 6.07) is 9.86. The molecule has 5 heteroatoms. The number of hydrogen-bond acceptors (Lipinski definition) is 4. The molecule has 0 spiro atoms. The van der Waals surface area contributed by atoms with Gasteiger partial charge in [0, 0.05) is 29.5 Å². The number of nitrogens with one attached hydrogen (secondary N) is 1. The molecular weight excluding hydrogens is 262 g/mol. The molecule has 1 unspecified atom stereocenters. The standard InChI is InChI=1S/C14H12ClN3O/c15-11-3-4-14(19)12(6-11)13(7-16)18-9-10-2-1-5-17-8-10/h1-6,8,13,18-19H,9H2. The summed E-state index contributed by atoms with van der Waals surface area (Å²) in [7, 11) is 0. The first-order chi connectivity index (χ1) is 9.20. The van der Waals surface area contributed by atoms with Gasteiger partial charge in [-0.3, -0.25) is 10.3 Å². The molecule has 0 fully saturated rings. The number of nitrogens with zero attached hydrogens (tertiary/aromatic N) is 2. The summed E-state index contributed by atoms with van der Waals surface area (Å²) in [6.45, 7) is 0.484. The van der Waals surface area contributed by atoms with E-state index in [4.69, 9.17) is 11.6 Å². The average molecular weight is 274 g/mol. The number of phenols is 1. The van der Waals surface area contributed by atoms with Crippen LogP contribution in [0.2, 0.25) is 5.02 Å². The van der Waals surface area contributed by atoms with E-state index in [9.17, 15) is 10.4 Å². The van der Waals surface area contributed by atoms with Gasteiger partial charge in [-0.05, 0) is 29.8 Å². The maximum Gasteiger partial charge on any atom is 0.125 e. The highest BCUT2D eigenvalue weighted by Gasteiger charge is 2.14. The molecule has 2 rings (SSSR count). The number of nitriles is 1. The van der Waals surface area contributed by atoms with Gasteiger partial charge in [0.05, 0.1) is 6.07 Å². The second kappa shape index (κ2) is 6.19. The third-order valence-corrected chi connectivity index (χ3v) is 2.90. The fourth-order valence-electron chi connectivity index (χ4n) is 1.70. The van der Waals surface area contributed by atoms with Gasteiger partial charge in [-0.15, -0.1) is 0 Å². The van der Waals surface area contributed by atoms with E-state index in [1.54, 1.807) is 24.5 Å². The van der Waals surface area contributed by atoms with Crippen molar-refractivity contribution in [3.63, 3.8) is 0 Å². The van der Waals surface area contributed by atoms with E-state index in [2.05, 4.69) is 16.4 Å². The first kappa shape index (κ1) is 13.3. The number of halogens is 1. The molecule has 0 saturated carbocycles. The van der Waals surface area contributed by atoms with E-state index in [0.717, 1.165) is 5.56 Å². The minimum absolute atomic E-state index is 0.0506. The Hall–Kier alpha value is -2.09. The van der Waals surface area contributed by atoms with Gasteiger partial charge in [0.1, 0.15) is 11.8 Å². The van der Waals surface area contributed by atoms with Gasteiger partial charge >= 0.3 is 0 Å². The molecule has 0 amide bonds. The summed E-state index contributed by atoms with van der Waals surface area (Å²) < 4.78 is 0. The fraction of sp³-hybridized carbons (Fsp3) is 0.143. The molecule has 0 saturated heterocycles. The lowest BCUT2D eigenvalue weighted by molar-refractivity contribution is 0.459. The lowest BCUT2D eigenvalue weighted by Gasteiger charge is -2.13. The van der Waals surface area contributed by atoms with Crippen molar-refractivity contribution in [1.29, 1.82) is 5.26 Å². The van der Waals surface area contributed by atoms with E-state index in [1.807, 2.05) is 12.1 Å². The second-order valence-corrected chi connectivity index (χ2v) is 4.44. The topological polar surface area (TPSA) is 68.9 Å². The highest BCUT2D eigenvalue weighted by atomic mass is 35.5. The number of pyridine rings is 1. The Labute approximate surface area is 116 Å². The first-order valence-corrected chi connectivity index (χ1v) is 6.09. The molecule has 0 aliphatic heterocycles. The molecule has 0 aliphatic carbocycles. The Bertz CT molecular complexity index is 595. The highest BCUT2D eigenvalue weighted by molar-refractivity contribution is 6.30. The van der Waals surface area contributed by atoms with Crippen molar-refractivity contribution in [3.05, 3.63) is 58.9 Å². The van der Waals surface area contributed by atoms with Crippen LogP contribution in [0.25, 0.3) is 0 Å². The number of aromatic nitrogens is 1. The molecule has 0 bridgehead atoms. The molecule has 19 heavy (non-hydrogen) atoms. The van der Waals surface area contributed by atoms with Crippen LogP contribution in [0.3, 0.4) is 0 Å². The number of benzene rings is 1. The van der Waals surface area contributed by atoms with Crippen molar-refractivity contribution in [2.75, 3.05) is 0 Å². The maximum atomic E-state index is 9.77. The zero-order chi connectivity index (χ0) is 13.7. The SMILES string of the molecule is N#CC(NCc1cccnc1)c1cc(Cl)ccc1O. The largest absolute Gasteiger partial charge is 0.508 e. The van der Waals surface area contributed by atoms with Crippen molar-refractivity contribution in [2.45, 2.75) is 12.6 Å². The molecule has 96 valence electrons. The quantitative estimate of drug-likeness (QED) is 0.899. The lowest BCUT2D eigenvalue weighted by atomic mass is 10.1. The van der Waals surface area contributed by atoms with E-state index in [-0.39, 0.29) is 5.75 Å². The van der Waals surface area contributed by atoms with Gasteiger partial charge < -0.3 is 5.11 Å². The van der Waals surface area contributed by atoms with Crippen LogP contribution in [0.1, 0.15) is 17.2 Å². The van der Waals surface area contributed by atoms with Crippen LogP contribution in [-0.2, 0) is 6.54 Å². The van der Waals surface area contributed by atoms with Crippen molar-refractivity contribution in [1.82, 2.24) is 10.3 Å². The van der Waals surface area contributed by atoms with Crippen molar-refractivity contribution < 1.29 is 5.11 Å². The molecule has 2 aromatic rings. The first-order valence-electron chi connectivity index (χ1n) is 5.71. The van der Waals surface area contributed by atoms with Crippen molar-refractivity contribution in [3.8, 4) is 11.8 Å². The number of hydrogen-bond donors (Lipinski definition) is 2. The predicted molar refractivity (Wildman–Crippen MR) is 72.5 cm³/mol. The van der Waals surface area contributed by atoms with E-state index in [0.29, 0.717) is 17.1 Å². The zero-order valence-corrected chi connectivity index (χ0v) is 10.8. The van der Waals surface area contributed by atoms with Crippen LogP contribution < -0.4 is 5.32 Å². The minimum atomic E-state index is -0.626. The van der Waals surface area contributed by atoms with E-state index >= 15 is 0 Å². The summed E-state index contributed by atoms with van der Waals surface area (Å²) in [5.74, 6) is 0.0506. The number of rotatable bonds is 4. The minimum Gasteiger partial charge on any atom is -0.508 e. The molecule has 2 N–H and O–H groups in total. The van der Waals surface area contributed by atoms with Crippen LogP contribution in [0.15, 0.2) is 42.7 Å². The number of phenolic OH excluding ortho intramolecular Hbond substituents is 1. The average Bonchev–Trinajstić information content (AvgIpc) is 2.44. The summed E-state index contributed by atoms with van der Waals surface area (Å²) in [5.41, 5.74) is 1.43. The van der Waals surface area contributed by atoms with E-state index in [1.165, 1.54) is 6.07 Å². The maximum absolute atomic E-state index is 9.77. The summed E-state index contributed by atoms with van der Waals surface area (Å²) in [5, 5.41) is 22.5. The van der Waals surface area contributed by atoms with Crippen molar-refractivity contribution in [2.24, 2.45) is 0 Å².